The largest absolute Gasteiger partial charge is 0.507 e. The first kappa shape index (κ1) is 20.4. The van der Waals surface area contributed by atoms with Gasteiger partial charge in [-0.2, -0.15) is 0 Å². The third-order valence-corrected chi connectivity index (χ3v) is 5.40. The van der Waals surface area contributed by atoms with Gasteiger partial charge in [-0.05, 0) is 77.6 Å². The molecule has 3 N–H and O–H groups in total. The number of nitrogens with one attached hydrogen (secondary N) is 2. The summed E-state index contributed by atoms with van der Waals surface area (Å²) in [6.45, 7) is 12.1. The van der Waals surface area contributed by atoms with Crippen LogP contribution in [-0.2, 0) is 11.2 Å². The van der Waals surface area contributed by atoms with E-state index in [9.17, 15) is 14.7 Å². The maximum absolute atomic E-state index is 12.7. The molecule has 0 unspecified atom stereocenters. The number of carbonyl (C=O) groups is 1. The minimum Gasteiger partial charge on any atom is -0.507 e. The summed E-state index contributed by atoms with van der Waals surface area (Å²) in [4.78, 5) is 25.2. The molecule has 28 heavy (non-hydrogen) atoms. The van der Waals surface area contributed by atoms with E-state index in [0.717, 1.165) is 18.4 Å². The van der Waals surface area contributed by atoms with Crippen molar-refractivity contribution in [3.05, 3.63) is 39.2 Å². The zero-order chi connectivity index (χ0) is 20.9. The van der Waals surface area contributed by atoms with Crippen LogP contribution in [0.25, 0.3) is 11.0 Å². The average molecular weight is 386 g/mol. The standard InChI is InChI=1S/C22H30N2O4/c1-12-7-16(25)19-13(2)15(20(27)28-17(19)8-12)9-18(26)23-14-10-21(3,4)24-22(5,6)11-14/h7-8,14,24-25H,9-11H2,1-6H3,(H,23,26). The minimum atomic E-state index is -0.531. The summed E-state index contributed by atoms with van der Waals surface area (Å²) in [5.41, 5.74) is 1.32. The fraction of sp³-hybridized carbons (Fsp3) is 0.545. The van der Waals surface area contributed by atoms with Crippen molar-refractivity contribution in [1.29, 1.82) is 0 Å². The zero-order valence-electron chi connectivity index (χ0n) is 17.5. The van der Waals surface area contributed by atoms with E-state index in [0.29, 0.717) is 16.5 Å². The molecular formula is C22H30N2O4. The Morgan fingerprint density at radius 3 is 2.43 bits per heavy atom. The highest BCUT2D eigenvalue weighted by molar-refractivity contribution is 5.89. The van der Waals surface area contributed by atoms with Crippen molar-refractivity contribution in [2.45, 2.75) is 77.9 Å². The van der Waals surface area contributed by atoms with Crippen LogP contribution in [0, 0.1) is 13.8 Å². The van der Waals surface area contributed by atoms with E-state index in [-0.39, 0.29) is 40.8 Å². The number of rotatable bonds is 3. The van der Waals surface area contributed by atoms with E-state index in [1.54, 1.807) is 19.1 Å². The number of aryl methyl sites for hydroxylation is 2. The number of carbonyl (C=O) groups excluding carboxylic acids is 1. The van der Waals surface area contributed by atoms with Crippen molar-refractivity contribution in [2.24, 2.45) is 0 Å². The fourth-order valence-electron chi connectivity index (χ4n) is 4.73. The summed E-state index contributed by atoms with van der Waals surface area (Å²) in [7, 11) is 0. The zero-order valence-corrected chi connectivity index (χ0v) is 17.5. The first-order valence-corrected chi connectivity index (χ1v) is 9.71. The lowest BCUT2D eigenvalue weighted by atomic mass is 9.79. The van der Waals surface area contributed by atoms with E-state index in [2.05, 4.69) is 38.3 Å². The third-order valence-electron chi connectivity index (χ3n) is 5.40. The molecule has 0 bridgehead atoms. The van der Waals surface area contributed by atoms with E-state index in [4.69, 9.17) is 4.42 Å². The van der Waals surface area contributed by atoms with Gasteiger partial charge >= 0.3 is 5.63 Å². The van der Waals surface area contributed by atoms with Crippen LogP contribution in [0.3, 0.4) is 0 Å². The number of phenolic OH excluding ortho intramolecular Hbond substituents is 1. The van der Waals surface area contributed by atoms with Crippen LogP contribution >= 0.6 is 0 Å². The molecule has 3 rings (SSSR count). The van der Waals surface area contributed by atoms with E-state index < -0.39 is 5.63 Å². The van der Waals surface area contributed by atoms with Gasteiger partial charge in [0, 0.05) is 17.1 Å². The van der Waals surface area contributed by atoms with Gasteiger partial charge in [0.25, 0.3) is 0 Å². The molecule has 0 aliphatic carbocycles. The summed E-state index contributed by atoms with van der Waals surface area (Å²) in [5.74, 6) is -0.153. The number of fused-ring (bicyclic) bond motifs is 1. The lowest BCUT2D eigenvalue weighted by Crippen LogP contribution is -2.62. The number of phenols is 1. The molecule has 1 amide bonds. The SMILES string of the molecule is Cc1cc(O)c2c(C)c(CC(=O)NC3CC(C)(C)NC(C)(C)C3)c(=O)oc2c1. The molecule has 1 fully saturated rings. The minimum absolute atomic E-state index is 0.0302. The second-order valence-electron chi connectivity index (χ2n) is 9.39. The normalized spacial score (nSPS) is 18.9. The van der Waals surface area contributed by atoms with Crippen molar-refractivity contribution in [3.63, 3.8) is 0 Å². The summed E-state index contributed by atoms with van der Waals surface area (Å²) in [6, 6.07) is 3.37. The van der Waals surface area contributed by atoms with Crippen LogP contribution in [0.2, 0.25) is 0 Å². The Labute approximate surface area is 165 Å². The molecule has 2 heterocycles. The second kappa shape index (κ2) is 6.92. The first-order valence-electron chi connectivity index (χ1n) is 9.71. The number of piperidine rings is 1. The van der Waals surface area contributed by atoms with Crippen LogP contribution in [0.1, 0.15) is 57.2 Å². The van der Waals surface area contributed by atoms with Crippen molar-refractivity contribution in [1.82, 2.24) is 10.6 Å². The molecule has 1 saturated heterocycles. The monoisotopic (exact) mass is 386 g/mol. The van der Waals surface area contributed by atoms with Gasteiger partial charge in [-0.1, -0.05) is 0 Å². The van der Waals surface area contributed by atoms with Crippen LogP contribution in [0.15, 0.2) is 21.3 Å². The van der Waals surface area contributed by atoms with Gasteiger partial charge in [-0.15, -0.1) is 0 Å². The maximum Gasteiger partial charge on any atom is 0.340 e. The predicted octanol–water partition coefficient (Wildman–Crippen LogP) is 3.08. The highest BCUT2D eigenvalue weighted by Crippen LogP contribution is 2.31. The van der Waals surface area contributed by atoms with Crippen LogP contribution in [0.4, 0.5) is 0 Å². The summed E-state index contributed by atoms with van der Waals surface area (Å²) in [5, 5.41) is 17.4. The Kier molecular flexibility index (Phi) is 5.04. The number of aromatic hydroxyl groups is 1. The fourth-order valence-corrected chi connectivity index (χ4v) is 4.73. The molecular weight excluding hydrogens is 356 g/mol. The van der Waals surface area contributed by atoms with Crippen molar-refractivity contribution in [3.8, 4) is 5.75 Å². The molecule has 0 spiro atoms. The summed E-state index contributed by atoms with van der Waals surface area (Å²) < 4.78 is 5.39. The Morgan fingerprint density at radius 1 is 1.21 bits per heavy atom. The molecule has 0 radical (unpaired) electrons. The Hall–Kier alpha value is -2.34. The molecule has 1 aromatic heterocycles. The van der Waals surface area contributed by atoms with Gasteiger partial charge in [0.2, 0.25) is 5.91 Å². The Balaban J connectivity index is 1.85. The first-order chi connectivity index (χ1) is 12.9. The molecule has 152 valence electrons. The lowest BCUT2D eigenvalue weighted by Gasteiger charge is -2.46. The molecule has 2 aromatic rings. The van der Waals surface area contributed by atoms with E-state index in [1.165, 1.54) is 0 Å². The van der Waals surface area contributed by atoms with Gasteiger partial charge in [-0.3, -0.25) is 4.79 Å². The Morgan fingerprint density at radius 2 is 1.82 bits per heavy atom. The number of benzene rings is 1. The van der Waals surface area contributed by atoms with Gasteiger partial charge in [0.05, 0.1) is 17.4 Å². The molecule has 6 heteroatoms. The van der Waals surface area contributed by atoms with Crippen LogP contribution < -0.4 is 16.3 Å². The van der Waals surface area contributed by atoms with Crippen LogP contribution in [-0.4, -0.2) is 28.1 Å². The molecule has 6 nitrogen and oxygen atoms in total. The smallest absolute Gasteiger partial charge is 0.340 e. The molecule has 1 aromatic carbocycles. The van der Waals surface area contributed by atoms with Gasteiger partial charge in [-0.25, -0.2) is 4.79 Å². The van der Waals surface area contributed by atoms with Gasteiger partial charge in [0.15, 0.2) is 0 Å². The quantitative estimate of drug-likeness (QED) is 0.705. The van der Waals surface area contributed by atoms with Crippen LogP contribution in [0.5, 0.6) is 5.75 Å². The molecule has 0 atom stereocenters. The molecule has 1 aliphatic rings. The maximum atomic E-state index is 12.7. The predicted molar refractivity (Wildman–Crippen MR) is 110 cm³/mol. The number of amides is 1. The summed E-state index contributed by atoms with van der Waals surface area (Å²) >= 11 is 0. The third kappa shape index (κ3) is 4.22. The highest BCUT2D eigenvalue weighted by Gasteiger charge is 2.38. The number of hydrogen-bond donors (Lipinski definition) is 3. The highest BCUT2D eigenvalue weighted by atomic mass is 16.4. The summed E-state index contributed by atoms with van der Waals surface area (Å²) in [6.07, 6.45) is 1.56. The molecule has 0 saturated carbocycles. The van der Waals surface area contributed by atoms with E-state index in [1.807, 2.05) is 6.92 Å². The lowest BCUT2D eigenvalue weighted by molar-refractivity contribution is -0.121. The van der Waals surface area contributed by atoms with Gasteiger partial charge < -0.3 is 20.2 Å². The molecule has 1 aliphatic heterocycles. The second-order valence-corrected chi connectivity index (χ2v) is 9.39. The Bertz CT molecular complexity index is 972. The van der Waals surface area contributed by atoms with Crippen molar-refractivity contribution < 1.29 is 14.3 Å². The van der Waals surface area contributed by atoms with E-state index >= 15 is 0 Å². The number of hydrogen-bond acceptors (Lipinski definition) is 5. The topological polar surface area (TPSA) is 91.6 Å². The van der Waals surface area contributed by atoms with Gasteiger partial charge in [0.1, 0.15) is 11.3 Å². The average Bonchev–Trinajstić information content (AvgIpc) is 2.47. The van der Waals surface area contributed by atoms with Crippen molar-refractivity contribution in [2.75, 3.05) is 0 Å². The van der Waals surface area contributed by atoms with Crippen molar-refractivity contribution >= 4 is 16.9 Å².